The van der Waals surface area contributed by atoms with Crippen molar-refractivity contribution in [2.75, 3.05) is 31.1 Å². The van der Waals surface area contributed by atoms with E-state index in [1.54, 1.807) is 17.9 Å². The quantitative estimate of drug-likeness (QED) is 0.866. The average molecular weight is 377 g/mol. The molecular formula is C20H22F3N3O. The third kappa shape index (κ3) is 4.72. The Hall–Kier alpha value is -2.70. The highest BCUT2D eigenvalue weighted by molar-refractivity contribution is 5.75. The number of halogens is 3. The average Bonchev–Trinajstić information content (AvgIpc) is 2.68. The summed E-state index contributed by atoms with van der Waals surface area (Å²) in [5, 5.41) is 2.80. The lowest BCUT2D eigenvalue weighted by Crippen LogP contribution is -2.52. The van der Waals surface area contributed by atoms with Gasteiger partial charge in [0.2, 0.25) is 0 Å². The van der Waals surface area contributed by atoms with Crippen molar-refractivity contribution in [2.24, 2.45) is 0 Å². The van der Waals surface area contributed by atoms with Crippen molar-refractivity contribution >= 4 is 11.7 Å². The number of hydrogen-bond acceptors (Lipinski definition) is 2. The molecule has 3 rings (SSSR count). The number of rotatable bonds is 3. The lowest BCUT2D eigenvalue weighted by atomic mass is 10.1. The van der Waals surface area contributed by atoms with Gasteiger partial charge in [0, 0.05) is 31.9 Å². The number of urea groups is 1. The van der Waals surface area contributed by atoms with Crippen LogP contribution in [-0.2, 0) is 6.18 Å². The van der Waals surface area contributed by atoms with Crippen LogP contribution in [0.1, 0.15) is 24.1 Å². The first-order chi connectivity index (χ1) is 12.8. The molecule has 1 aliphatic heterocycles. The number of benzene rings is 2. The van der Waals surface area contributed by atoms with Gasteiger partial charge in [-0.1, -0.05) is 30.3 Å². The van der Waals surface area contributed by atoms with Gasteiger partial charge in [0.05, 0.1) is 11.6 Å². The molecule has 1 saturated heterocycles. The number of nitrogens with one attached hydrogen (secondary N) is 1. The second-order valence-corrected chi connectivity index (χ2v) is 6.60. The Labute approximate surface area is 156 Å². The normalized spacial score (nSPS) is 16.1. The highest BCUT2D eigenvalue weighted by Gasteiger charge is 2.31. The number of anilines is 1. The van der Waals surface area contributed by atoms with Gasteiger partial charge in [-0.25, -0.2) is 4.79 Å². The third-order valence-electron chi connectivity index (χ3n) is 4.74. The molecule has 0 bridgehead atoms. The molecule has 0 aromatic heterocycles. The lowest BCUT2D eigenvalue weighted by Gasteiger charge is -2.36. The molecule has 0 spiro atoms. The lowest BCUT2D eigenvalue weighted by molar-refractivity contribution is -0.137. The Kier molecular flexibility index (Phi) is 5.58. The fraction of sp³-hybridized carbons (Fsp3) is 0.350. The van der Waals surface area contributed by atoms with E-state index in [4.69, 9.17) is 0 Å². The van der Waals surface area contributed by atoms with Crippen LogP contribution in [0.15, 0.2) is 54.6 Å². The Balaban J connectivity index is 1.57. The number of amides is 2. The Morgan fingerprint density at radius 1 is 1.00 bits per heavy atom. The van der Waals surface area contributed by atoms with Gasteiger partial charge in [0.25, 0.3) is 0 Å². The zero-order valence-corrected chi connectivity index (χ0v) is 15.0. The van der Waals surface area contributed by atoms with Crippen molar-refractivity contribution in [2.45, 2.75) is 19.1 Å². The molecule has 1 aliphatic rings. The van der Waals surface area contributed by atoms with Gasteiger partial charge in [-0.15, -0.1) is 0 Å². The van der Waals surface area contributed by atoms with Crippen molar-refractivity contribution < 1.29 is 18.0 Å². The van der Waals surface area contributed by atoms with Crippen LogP contribution >= 0.6 is 0 Å². The van der Waals surface area contributed by atoms with E-state index in [0.29, 0.717) is 18.7 Å². The van der Waals surface area contributed by atoms with E-state index in [9.17, 15) is 18.0 Å². The molecule has 0 radical (unpaired) electrons. The summed E-state index contributed by atoms with van der Waals surface area (Å²) in [5.41, 5.74) is 0.841. The number of para-hydroxylation sites is 1. The fourth-order valence-electron chi connectivity index (χ4n) is 3.15. The molecule has 1 heterocycles. The Morgan fingerprint density at radius 2 is 1.67 bits per heavy atom. The van der Waals surface area contributed by atoms with Crippen molar-refractivity contribution in [3.63, 3.8) is 0 Å². The van der Waals surface area contributed by atoms with Crippen LogP contribution in [0, 0.1) is 0 Å². The predicted octanol–water partition coefficient (Wildman–Crippen LogP) is 4.30. The van der Waals surface area contributed by atoms with Crippen LogP contribution < -0.4 is 10.2 Å². The summed E-state index contributed by atoms with van der Waals surface area (Å²) in [6, 6.07) is 14.3. The van der Waals surface area contributed by atoms with Gasteiger partial charge < -0.3 is 15.1 Å². The van der Waals surface area contributed by atoms with Gasteiger partial charge in [-0.2, -0.15) is 13.2 Å². The molecule has 1 atom stereocenters. The van der Waals surface area contributed by atoms with Gasteiger partial charge in [0.15, 0.2) is 0 Å². The maximum Gasteiger partial charge on any atom is 0.416 e. The Morgan fingerprint density at radius 3 is 2.30 bits per heavy atom. The summed E-state index contributed by atoms with van der Waals surface area (Å²) in [4.78, 5) is 16.4. The Bertz CT molecular complexity index is 772. The largest absolute Gasteiger partial charge is 0.416 e. The standard InChI is InChI=1S/C20H22F3N3O/c1-15(16-6-5-7-17(14-16)20(21,22)23)24-19(27)26-12-10-25(11-13-26)18-8-3-2-4-9-18/h2-9,14-15H,10-13H2,1H3,(H,24,27)/t15-/m0/s1. The van der Waals surface area contributed by atoms with Crippen LogP contribution in [0.3, 0.4) is 0 Å². The number of piperazine rings is 1. The van der Waals surface area contributed by atoms with Gasteiger partial charge in [0.1, 0.15) is 0 Å². The van der Waals surface area contributed by atoms with Crippen LogP contribution in [-0.4, -0.2) is 37.1 Å². The van der Waals surface area contributed by atoms with Crippen LogP contribution in [0.4, 0.5) is 23.7 Å². The summed E-state index contributed by atoms with van der Waals surface area (Å²) < 4.78 is 38.6. The molecule has 7 heteroatoms. The summed E-state index contributed by atoms with van der Waals surface area (Å²) in [5.74, 6) is 0. The SMILES string of the molecule is C[C@H](NC(=O)N1CCN(c2ccccc2)CC1)c1cccc(C(F)(F)F)c1. The molecule has 1 fully saturated rings. The van der Waals surface area contributed by atoms with E-state index in [0.717, 1.165) is 30.9 Å². The van der Waals surface area contributed by atoms with Gasteiger partial charge in [-0.3, -0.25) is 0 Å². The molecule has 2 aromatic carbocycles. The summed E-state index contributed by atoms with van der Waals surface area (Å²) >= 11 is 0. The highest BCUT2D eigenvalue weighted by atomic mass is 19.4. The van der Waals surface area contributed by atoms with Crippen LogP contribution in [0.25, 0.3) is 0 Å². The molecule has 4 nitrogen and oxygen atoms in total. The van der Waals surface area contributed by atoms with Crippen molar-refractivity contribution in [1.82, 2.24) is 10.2 Å². The first-order valence-electron chi connectivity index (χ1n) is 8.87. The molecule has 0 saturated carbocycles. The van der Waals surface area contributed by atoms with E-state index >= 15 is 0 Å². The highest BCUT2D eigenvalue weighted by Crippen LogP contribution is 2.30. The number of carbonyl (C=O) groups excluding carboxylic acids is 1. The van der Waals surface area contributed by atoms with Crippen LogP contribution in [0.5, 0.6) is 0 Å². The summed E-state index contributed by atoms with van der Waals surface area (Å²) in [6.45, 7) is 4.25. The minimum absolute atomic E-state index is 0.257. The monoisotopic (exact) mass is 377 g/mol. The maximum atomic E-state index is 12.9. The zero-order chi connectivity index (χ0) is 19.4. The van der Waals surface area contributed by atoms with E-state index < -0.39 is 17.8 Å². The molecule has 2 aromatic rings. The summed E-state index contributed by atoms with van der Waals surface area (Å²) in [6.07, 6.45) is -4.40. The molecule has 2 amide bonds. The number of carbonyl (C=O) groups is 1. The number of hydrogen-bond donors (Lipinski definition) is 1. The molecule has 0 aliphatic carbocycles. The molecule has 27 heavy (non-hydrogen) atoms. The van der Waals surface area contributed by atoms with Gasteiger partial charge >= 0.3 is 12.2 Å². The number of alkyl halides is 3. The fourth-order valence-corrected chi connectivity index (χ4v) is 3.15. The minimum Gasteiger partial charge on any atom is -0.368 e. The predicted molar refractivity (Wildman–Crippen MR) is 98.6 cm³/mol. The molecule has 1 N–H and O–H groups in total. The van der Waals surface area contributed by atoms with Crippen LogP contribution in [0.2, 0.25) is 0 Å². The maximum absolute atomic E-state index is 12.9. The molecule has 0 unspecified atom stereocenters. The second-order valence-electron chi connectivity index (χ2n) is 6.60. The second kappa shape index (κ2) is 7.90. The summed E-state index contributed by atoms with van der Waals surface area (Å²) in [7, 11) is 0. The molecule has 144 valence electrons. The van der Waals surface area contributed by atoms with E-state index in [2.05, 4.69) is 10.2 Å². The third-order valence-corrected chi connectivity index (χ3v) is 4.74. The van der Waals surface area contributed by atoms with E-state index in [1.807, 2.05) is 30.3 Å². The topological polar surface area (TPSA) is 35.6 Å². The number of nitrogens with zero attached hydrogens (tertiary/aromatic N) is 2. The molecular weight excluding hydrogens is 355 g/mol. The van der Waals surface area contributed by atoms with Crippen molar-refractivity contribution in [3.05, 3.63) is 65.7 Å². The first kappa shape index (κ1) is 19.1. The first-order valence-corrected chi connectivity index (χ1v) is 8.87. The minimum atomic E-state index is -4.40. The van der Waals surface area contributed by atoms with Crippen molar-refractivity contribution in [1.29, 1.82) is 0 Å². The van der Waals surface area contributed by atoms with E-state index in [1.165, 1.54) is 6.07 Å². The van der Waals surface area contributed by atoms with Crippen molar-refractivity contribution in [3.8, 4) is 0 Å². The van der Waals surface area contributed by atoms with E-state index in [-0.39, 0.29) is 6.03 Å². The van der Waals surface area contributed by atoms with Gasteiger partial charge in [-0.05, 0) is 36.8 Å². The zero-order valence-electron chi connectivity index (χ0n) is 15.0. The smallest absolute Gasteiger partial charge is 0.368 e.